The molecule has 2 nitrogen and oxygen atoms in total. The SMILES string of the molecule is Cc1ccc(NC(C)c2cscn2)c(Br)c1. The first-order valence-electron chi connectivity index (χ1n) is 5.07. The molecule has 1 heterocycles. The molecule has 1 aromatic carbocycles. The van der Waals surface area contributed by atoms with Gasteiger partial charge in [0.1, 0.15) is 0 Å². The first-order valence-corrected chi connectivity index (χ1v) is 6.81. The van der Waals surface area contributed by atoms with Gasteiger partial charge in [0.05, 0.1) is 17.2 Å². The maximum Gasteiger partial charge on any atom is 0.0795 e. The number of halogens is 1. The summed E-state index contributed by atoms with van der Waals surface area (Å²) in [4.78, 5) is 4.30. The fraction of sp³-hybridized carbons (Fsp3) is 0.250. The Labute approximate surface area is 108 Å². The van der Waals surface area contributed by atoms with Crippen LogP contribution in [0, 0.1) is 6.92 Å². The number of benzene rings is 1. The summed E-state index contributed by atoms with van der Waals surface area (Å²) in [5, 5.41) is 5.51. The van der Waals surface area contributed by atoms with Crippen LogP contribution in [0.3, 0.4) is 0 Å². The van der Waals surface area contributed by atoms with E-state index in [1.54, 1.807) is 11.3 Å². The van der Waals surface area contributed by atoms with Crippen molar-refractivity contribution in [1.82, 2.24) is 4.98 Å². The minimum absolute atomic E-state index is 0.227. The summed E-state index contributed by atoms with van der Waals surface area (Å²) in [6.07, 6.45) is 0. The average Bonchev–Trinajstić information content (AvgIpc) is 2.75. The van der Waals surface area contributed by atoms with Crippen molar-refractivity contribution < 1.29 is 0 Å². The number of thiazole rings is 1. The minimum Gasteiger partial charge on any atom is -0.376 e. The van der Waals surface area contributed by atoms with Crippen LogP contribution in [0.15, 0.2) is 33.6 Å². The van der Waals surface area contributed by atoms with Crippen LogP contribution in [0.25, 0.3) is 0 Å². The summed E-state index contributed by atoms with van der Waals surface area (Å²) < 4.78 is 1.09. The van der Waals surface area contributed by atoms with Gasteiger partial charge in [-0.2, -0.15) is 0 Å². The lowest BCUT2D eigenvalue weighted by Gasteiger charge is -2.14. The summed E-state index contributed by atoms with van der Waals surface area (Å²) in [5.41, 5.74) is 5.29. The highest BCUT2D eigenvalue weighted by Gasteiger charge is 2.08. The van der Waals surface area contributed by atoms with E-state index in [2.05, 4.69) is 63.7 Å². The van der Waals surface area contributed by atoms with Crippen LogP contribution >= 0.6 is 27.3 Å². The number of hydrogen-bond donors (Lipinski definition) is 1. The first-order chi connectivity index (χ1) is 7.66. The molecule has 0 aliphatic rings. The zero-order chi connectivity index (χ0) is 11.5. The van der Waals surface area contributed by atoms with Crippen molar-refractivity contribution in [2.24, 2.45) is 0 Å². The molecule has 0 aliphatic heterocycles. The van der Waals surface area contributed by atoms with E-state index < -0.39 is 0 Å². The molecule has 0 fully saturated rings. The van der Waals surface area contributed by atoms with Crippen LogP contribution in [0.5, 0.6) is 0 Å². The number of rotatable bonds is 3. The predicted octanol–water partition coefficient (Wildman–Crippen LogP) is 4.39. The normalized spacial score (nSPS) is 12.4. The van der Waals surface area contributed by atoms with Crippen LogP contribution in [0.1, 0.15) is 24.2 Å². The molecule has 4 heteroatoms. The van der Waals surface area contributed by atoms with Gasteiger partial charge in [-0.1, -0.05) is 6.07 Å². The van der Waals surface area contributed by atoms with Crippen molar-refractivity contribution in [2.45, 2.75) is 19.9 Å². The number of aromatic nitrogens is 1. The largest absolute Gasteiger partial charge is 0.376 e. The van der Waals surface area contributed by atoms with Crippen LogP contribution in [-0.4, -0.2) is 4.98 Å². The Kier molecular flexibility index (Phi) is 3.61. The zero-order valence-electron chi connectivity index (χ0n) is 9.20. The van der Waals surface area contributed by atoms with Crippen molar-refractivity contribution in [3.8, 4) is 0 Å². The molecule has 0 radical (unpaired) electrons. The first kappa shape index (κ1) is 11.6. The lowest BCUT2D eigenvalue weighted by atomic mass is 10.2. The van der Waals surface area contributed by atoms with Crippen LogP contribution in [-0.2, 0) is 0 Å². The third kappa shape index (κ3) is 2.62. The summed E-state index contributed by atoms with van der Waals surface area (Å²) in [6.45, 7) is 4.19. The van der Waals surface area contributed by atoms with Crippen molar-refractivity contribution in [2.75, 3.05) is 5.32 Å². The Bertz CT molecular complexity index is 468. The van der Waals surface area contributed by atoms with Gasteiger partial charge in [-0.15, -0.1) is 11.3 Å². The number of hydrogen-bond acceptors (Lipinski definition) is 3. The van der Waals surface area contributed by atoms with E-state index in [0.717, 1.165) is 15.9 Å². The third-order valence-electron chi connectivity index (χ3n) is 2.39. The quantitative estimate of drug-likeness (QED) is 0.909. The van der Waals surface area contributed by atoms with Crippen molar-refractivity contribution in [3.63, 3.8) is 0 Å². The van der Waals surface area contributed by atoms with Crippen molar-refractivity contribution in [3.05, 3.63) is 44.8 Å². The van der Waals surface area contributed by atoms with Crippen molar-refractivity contribution in [1.29, 1.82) is 0 Å². The molecule has 84 valence electrons. The van der Waals surface area contributed by atoms with E-state index in [9.17, 15) is 0 Å². The molecule has 0 spiro atoms. The number of nitrogens with one attached hydrogen (secondary N) is 1. The Morgan fingerprint density at radius 3 is 2.88 bits per heavy atom. The monoisotopic (exact) mass is 296 g/mol. The predicted molar refractivity (Wildman–Crippen MR) is 73.0 cm³/mol. The van der Waals surface area contributed by atoms with Gasteiger partial charge >= 0.3 is 0 Å². The average molecular weight is 297 g/mol. The van der Waals surface area contributed by atoms with E-state index in [-0.39, 0.29) is 6.04 Å². The second-order valence-electron chi connectivity index (χ2n) is 3.76. The standard InChI is InChI=1S/C12H13BrN2S/c1-8-3-4-11(10(13)5-8)15-9(2)12-6-16-7-14-12/h3-7,9,15H,1-2H3. The molecule has 0 saturated heterocycles. The van der Waals surface area contributed by atoms with Gasteiger partial charge in [-0.3, -0.25) is 0 Å². The molecular weight excluding hydrogens is 284 g/mol. The number of nitrogens with zero attached hydrogens (tertiary/aromatic N) is 1. The van der Waals surface area contributed by atoms with E-state index in [1.807, 2.05) is 5.51 Å². The Morgan fingerprint density at radius 2 is 2.25 bits per heavy atom. The summed E-state index contributed by atoms with van der Waals surface area (Å²) in [7, 11) is 0. The molecular formula is C12H13BrN2S. The second kappa shape index (κ2) is 4.97. The van der Waals surface area contributed by atoms with Gasteiger partial charge in [0.2, 0.25) is 0 Å². The molecule has 1 unspecified atom stereocenters. The Morgan fingerprint density at radius 1 is 1.44 bits per heavy atom. The molecule has 16 heavy (non-hydrogen) atoms. The van der Waals surface area contributed by atoms with E-state index in [4.69, 9.17) is 0 Å². The lowest BCUT2D eigenvalue weighted by molar-refractivity contribution is 0.849. The molecule has 1 atom stereocenters. The van der Waals surface area contributed by atoms with E-state index in [1.165, 1.54) is 5.56 Å². The molecule has 0 aliphatic carbocycles. The second-order valence-corrected chi connectivity index (χ2v) is 5.34. The highest BCUT2D eigenvalue weighted by atomic mass is 79.9. The van der Waals surface area contributed by atoms with Crippen molar-refractivity contribution >= 4 is 33.0 Å². The number of anilines is 1. The van der Waals surface area contributed by atoms with Gasteiger partial charge in [-0.25, -0.2) is 4.98 Å². The molecule has 1 aromatic heterocycles. The lowest BCUT2D eigenvalue weighted by Crippen LogP contribution is -2.07. The van der Waals surface area contributed by atoms with Gasteiger partial charge in [0.25, 0.3) is 0 Å². The van der Waals surface area contributed by atoms with Gasteiger partial charge < -0.3 is 5.32 Å². The molecule has 0 amide bonds. The highest BCUT2D eigenvalue weighted by molar-refractivity contribution is 9.10. The highest BCUT2D eigenvalue weighted by Crippen LogP contribution is 2.27. The summed E-state index contributed by atoms with van der Waals surface area (Å²) in [6, 6.07) is 6.52. The Balaban J connectivity index is 2.15. The van der Waals surface area contributed by atoms with Crippen LogP contribution in [0.4, 0.5) is 5.69 Å². The zero-order valence-corrected chi connectivity index (χ0v) is 11.6. The molecule has 0 saturated carbocycles. The van der Waals surface area contributed by atoms with Gasteiger partial charge in [-0.05, 0) is 47.5 Å². The van der Waals surface area contributed by atoms with Crippen LogP contribution in [0.2, 0.25) is 0 Å². The fourth-order valence-corrected chi connectivity index (χ4v) is 2.74. The van der Waals surface area contributed by atoms with Gasteiger partial charge in [0.15, 0.2) is 0 Å². The topological polar surface area (TPSA) is 24.9 Å². The van der Waals surface area contributed by atoms with Crippen LogP contribution < -0.4 is 5.32 Å². The Hall–Kier alpha value is -0.870. The molecule has 2 rings (SSSR count). The molecule has 1 N–H and O–H groups in total. The maximum absolute atomic E-state index is 4.30. The fourth-order valence-electron chi connectivity index (χ4n) is 1.48. The minimum atomic E-state index is 0.227. The number of aryl methyl sites for hydroxylation is 1. The summed E-state index contributed by atoms with van der Waals surface area (Å²) >= 11 is 5.18. The molecule has 2 aromatic rings. The third-order valence-corrected chi connectivity index (χ3v) is 3.65. The maximum atomic E-state index is 4.30. The van der Waals surface area contributed by atoms with E-state index in [0.29, 0.717) is 0 Å². The summed E-state index contributed by atoms with van der Waals surface area (Å²) in [5.74, 6) is 0. The molecule has 0 bridgehead atoms. The van der Waals surface area contributed by atoms with Gasteiger partial charge in [0, 0.05) is 15.5 Å². The van der Waals surface area contributed by atoms with E-state index >= 15 is 0 Å². The smallest absolute Gasteiger partial charge is 0.0795 e.